The van der Waals surface area contributed by atoms with Crippen LogP contribution in [0.3, 0.4) is 0 Å². The molecule has 42 heavy (non-hydrogen) atoms. The van der Waals surface area contributed by atoms with Gasteiger partial charge in [0.1, 0.15) is 16.6 Å². The highest BCUT2D eigenvalue weighted by molar-refractivity contribution is 6.31. The van der Waals surface area contributed by atoms with Gasteiger partial charge in [-0.3, -0.25) is 24.1 Å². The molecule has 1 aliphatic rings. The van der Waals surface area contributed by atoms with E-state index in [0.29, 0.717) is 35.8 Å². The number of halogens is 4. The van der Waals surface area contributed by atoms with Crippen molar-refractivity contribution in [3.63, 3.8) is 0 Å². The van der Waals surface area contributed by atoms with Gasteiger partial charge in [0.15, 0.2) is 5.83 Å². The molecule has 1 unspecified atom stereocenters. The number of carbonyl (C=O) groups excluding carboxylic acids is 1. The lowest BCUT2D eigenvalue weighted by molar-refractivity contribution is 0.0358. The van der Waals surface area contributed by atoms with Gasteiger partial charge in [-0.25, -0.2) is 8.78 Å². The van der Waals surface area contributed by atoms with Crippen molar-refractivity contribution in [1.82, 2.24) is 14.5 Å². The molecule has 2 aromatic heterocycles. The number of nitrogens with zero attached hydrogens (tertiary/aromatic N) is 4. The number of aliphatic imine (C=N–C) groups is 1. The van der Waals surface area contributed by atoms with Crippen molar-refractivity contribution in [3.05, 3.63) is 115 Å². The number of aliphatic hydroxyl groups excluding tert-OH is 1. The zero-order valence-corrected chi connectivity index (χ0v) is 24.8. The monoisotopic (exact) mass is 614 g/mol. The fourth-order valence-electron chi connectivity index (χ4n) is 4.78. The van der Waals surface area contributed by atoms with Gasteiger partial charge >= 0.3 is 0 Å². The van der Waals surface area contributed by atoms with E-state index in [9.17, 15) is 14.7 Å². The number of aryl methyl sites for hydroxylation is 1. The van der Waals surface area contributed by atoms with Crippen LogP contribution < -0.4 is 5.56 Å². The summed E-state index contributed by atoms with van der Waals surface area (Å²) in [6.45, 7) is 5.75. The predicted molar refractivity (Wildman–Crippen MR) is 161 cm³/mol. The molecule has 0 saturated carbocycles. The van der Waals surface area contributed by atoms with E-state index in [1.54, 1.807) is 32.2 Å². The SMILES string of the molecule is C/C=C/N=C(/C(F)=C/n1c(C)cc(C(C)Cc2cncc(Cl)c2)c(Cl)c1=O)c1cccc(C(=O)N2CC(CO)C2)c1F. The Hall–Kier alpha value is -3.66. The minimum Gasteiger partial charge on any atom is -0.396 e. The Labute approximate surface area is 252 Å². The molecule has 0 spiro atoms. The van der Waals surface area contributed by atoms with Crippen molar-refractivity contribution in [1.29, 1.82) is 0 Å². The topological polar surface area (TPSA) is 87.8 Å². The Morgan fingerprint density at radius 2 is 1.95 bits per heavy atom. The molecule has 1 aliphatic heterocycles. The first-order chi connectivity index (χ1) is 20.0. The van der Waals surface area contributed by atoms with Crippen LogP contribution in [0.5, 0.6) is 0 Å². The number of aromatic nitrogens is 2. The summed E-state index contributed by atoms with van der Waals surface area (Å²) in [6.07, 6.45) is 7.47. The van der Waals surface area contributed by atoms with Crippen LogP contribution in [0.2, 0.25) is 10.0 Å². The second-order valence-corrected chi connectivity index (χ2v) is 11.0. The molecule has 4 rings (SSSR count). The van der Waals surface area contributed by atoms with Gasteiger partial charge in [0.2, 0.25) is 0 Å². The second kappa shape index (κ2) is 13.5. The van der Waals surface area contributed by atoms with Gasteiger partial charge in [-0.1, -0.05) is 42.3 Å². The Morgan fingerprint density at radius 3 is 2.62 bits per heavy atom. The van der Waals surface area contributed by atoms with E-state index in [-0.39, 0.29) is 34.6 Å². The summed E-state index contributed by atoms with van der Waals surface area (Å²) in [5.74, 6) is -2.74. The Morgan fingerprint density at radius 1 is 1.24 bits per heavy atom. The van der Waals surface area contributed by atoms with Crippen molar-refractivity contribution >= 4 is 41.0 Å². The number of hydrogen-bond acceptors (Lipinski definition) is 5. The third kappa shape index (κ3) is 6.69. The van der Waals surface area contributed by atoms with Crippen molar-refractivity contribution in [2.75, 3.05) is 19.7 Å². The molecule has 0 bridgehead atoms. The summed E-state index contributed by atoms with van der Waals surface area (Å²) in [6, 6.07) is 7.55. The fraction of sp³-hybridized carbons (Fsp3) is 0.290. The first-order valence-electron chi connectivity index (χ1n) is 13.3. The van der Waals surface area contributed by atoms with Crippen LogP contribution in [-0.4, -0.2) is 50.9 Å². The highest BCUT2D eigenvalue weighted by Gasteiger charge is 2.32. The van der Waals surface area contributed by atoms with E-state index in [4.69, 9.17) is 23.2 Å². The van der Waals surface area contributed by atoms with E-state index in [2.05, 4.69) is 9.98 Å². The highest BCUT2D eigenvalue weighted by Crippen LogP contribution is 2.28. The van der Waals surface area contributed by atoms with E-state index < -0.39 is 28.8 Å². The van der Waals surface area contributed by atoms with E-state index in [0.717, 1.165) is 16.3 Å². The molecule has 1 fully saturated rings. The normalized spacial score (nSPS) is 15.3. The zero-order chi connectivity index (χ0) is 30.6. The molecule has 0 aliphatic carbocycles. The van der Waals surface area contributed by atoms with Gasteiger partial charge in [-0.05, 0) is 61.6 Å². The van der Waals surface area contributed by atoms with Gasteiger partial charge in [0, 0.05) is 55.5 Å². The average Bonchev–Trinajstić information content (AvgIpc) is 2.93. The Kier molecular flexibility index (Phi) is 10.1. The van der Waals surface area contributed by atoms with Crippen molar-refractivity contribution in [2.45, 2.75) is 33.1 Å². The van der Waals surface area contributed by atoms with Crippen molar-refractivity contribution in [2.24, 2.45) is 10.9 Å². The molecule has 1 saturated heterocycles. The van der Waals surface area contributed by atoms with Crippen molar-refractivity contribution in [3.8, 4) is 0 Å². The largest absolute Gasteiger partial charge is 0.396 e. The van der Waals surface area contributed by atoms with Crippen molar-refractivity contribution < 1.29 is 18.7 Å². The van der Waals surface area contributed by atoms with E-state index in [1.807, 2.05) is 6.92 Å². The second-order valence-electron chi connectivity index (χ2n) is 10.2. The maximum absolute atomic E-state index is 15.9. The number of likely N-dealkylation sites (tertiary alicyclic amines) is 1. The standard InChI is InChI=1S/C31H30Cl2F2N4O3/c1-4-8-37-29(23-6-5-7-24(28(23)35)30(41)38-14-21(15-38)17-40)26(34)16-39-19(3)10-25(27(33)31(39)42)18(2)9-20-11-22(32)13-36-12-20/h4-8,10-13,16,18,21,40H,9,14-15,17H2,1-3H3/b8-4+,26-16-,37-29+. The summed E-state index contributed by atoms with van der Waals surface area (Å²) < 4.78 is 32.6. The first kappa shape index (κ1) is 31.3. The molecule has 1 atom stereocenters. The number of benzene rings is 1. The van der Waals surface area contributed by atoms with Gasteiger partial charge < -0.3 is 10.0 Å². The Bertz CT molecular complexity index is 1650. The zero-order valence-electron chi connectivity index (χ0n) is 23.3. The molecule has 3 aromatic rings. The number of pyridine rings is 2. The molecule has 3 heterocycles. The third-order valence-corrected chi connectivity index (χ3v) is 7.63. The van der Waals surface area contributed by atoms with Crippen LogP contribution in [0, 0.1) is 18.7 Å². The minimum absolute atomic E-state index is 0.0519. The molecule has 7 nitrogen and oxygen atoms in total. The smallest absolute Gasteiger partial charge is 0.273 e. The molecule has 11 heteroatoms. The quantitative estimate of drug-likeness (QED) is 0.291. The fourth-order valence-corrected chi connectivity index (χ4v) is 5.31. The summed E-state index contributed by atoms with van der Waals surface area (Å²) in [5, 5.41) is 9.66. The average molecular weight is 616 g/mol. The highest BCUT2D eigenvalue weighted by atomic mass is 35.5. The summed E-state index contributed by atoms with van der Waals surface area (Å²) in [4.78, 5) is 35.8. The lowest BCUT2D eigenvalue weighted by Crippen LogP contribution is -2.51. The molecule has 1 aromatic carbocycles. The van der Waals surface area contributed by atoms with Crippen LogP contribution in [-0.2, 0) is 6.42 Å². The lowest BCUT2D eigenvalue weighted by Gasteiger charge is -2.38. The molecular weight excluding hydrogens is 585 g/mol. The predicted octanol–water partition coefficient (Wildman–Crippen LogP) is 6.20. The summed E-state index contributed by atoms with van der Waals surface area (Å²) >= 11 is 12.5. The van der Waals surface area contributed by atoms with Gasteiger partial charge in [0.05, 0.1) is 16.8 Å². The van der Waals surface area contributed by atoms with Gasteiger partial charge in [-0.15, -0.1) is 0 Å². The van der Waals surface area contributed by atoms with Crippen LogP contribution in [0.15, 0.2) is 70.6 Å². The van der Waals surface area contributed by atoms with Gasteiger partial charge in [0.25, 0.3) is 11.5 Å². The third-order valence-electron chi connectivity index (χ3n) is 7.05. The number of carbonyl (C=O) groups is 1. The Balaban J connectivity index is 1.69. The molecule has 220 valence electrons. The minimum atomic E-state index is -1.01. The maximum atomic E-state index is 15.9. The summed E-state index contributed by atoms with van der Waals surface area (Å²) in [7, 11) is 0. The van der Waals surface area contributed by atoms with Crippen LogP contribution in [0.4, 0.5) is 8.78 Å². The number of aliphatic hydroxyl groups is 1. The lowest BCUT2D eigenvalue weighted by atomic mass is 9.94. The van der Waals surface area contributed by atoms with Crippen LogP contribution >= 0.6 is 23.2 Å². The number of rotatable bonds is 9. The van der Waals surface area contributed by atoms with Crippen LogP contribution in [0.1, 0.15) is 52.5 Å². The maximum Gasteiger partial charge on any atom is 0.273 e. The molecule has 1 amide bonds. The van der Waals surface area contributed by atoms with E-state index in [1.165, 1.54) is 41.6 Å². The number of allylic oxidation sites excluding steroid dienone is 2. The molecular formula is C31H30Cl2F2N4O3. The summed E-state index contributed by atoms with van der Waals surface area (Å²) in [5.41, 5.74) is 0.317. The molecule has 0 radical (unpaired) electrons. The van der Waals surface area contributed by atoms with E-state index >= 15 is 8.78 Å². The number of hydrogen-bond donors (Lipinski definition) is 1. The number of amides is 1. The molecule has 1 N–H and O–H groups in total. The first-order valence-corrected chi connectivity index (χ1v) is 14.1. The van der Waals surface area contributed by atoms with Crippen LogP contribution in [0.25, 0.3) is 6.20 Å². The van der Waals surface area contributed by atoms with Gasteiger partial charge in [-0.2, -0.15) is 0 Å².